The van der Waals surface area contributed by atoms with Crippen LogP contribution in [0.3, 0.4) is 0 Å². The minimum absolute atomic E-state index is 0.639. The Morgan fingerprint density at radius 1 is 0.600 bits per heavy atom. The van der Waals surface area contributed by atoms with E-state index in [4.69, 9.17) is 0 Å². The lowest BCUT2D eigenvalue weighted by Crippen LogP contribution is -2.43. The zero-order valence-electron chi connectivity index (χ0n) is 21.2. The van der Waals surface area contributed by atoms with Gasteiger partial charge in [-0.1, -0.05) is 130 Å². The molecule has 3 saturated carbocycles. The monoisotopic (exact) mass is 416 g/mol. The summed E-state index contributed by atoms with van der Waals surface area (Å²) >= 11 is 0. The van der Waals surface area contributed by atoms with Crippen LogP contribution in [-0.2, 0) is 0 Å². The van der Waals surface area contributed by atoms with Crippen molar-refractivity contribution < 1.29 is 0 Å². The van der Waals surface area contributed by atoms with Gasteiger partial charge in [-0.25, -0.2) is 0 Å². The zero-order chi connectivity index (χ0) is 21.2. The molecule has 0 aromatic heterocycles. The highest BCUT2D eigenvalue weighted by Crippen LogP contribution is 2.56. The fourth-order valence-electron chi connectivity index (χ4n) is 8.74. The molecule has 0 N–H and O–H groups in total. The van der Waals surface area contributed by atoms with Crippen LogP contribution in [0.15, 0.2) is 0 Å². The molecule has 0 aromatic rings. The molecule has 0 heterocycles. The lowest BCUT2D eigenvalue weighted by atomic mass is 9.54. The van der Waals surface area contributed by atoms with Gasteiger partial charge >= 0.3 is 0 Å². The van der Waals surface area contributed by atoms with E-state index >= 15 is 0 Å². The van der Waals surface area contributed by atoms with E-state index in [-0.39, 0.29) is 0 Å². The summed E-state index contributed by atoms with van der Waals surface area (Å²) in [4.78, 5) is 0. The molecule has 0 bridgehead atoms. The Hall–Kier alpha value is 0. The minimum Gasteiger partial charge on any atom is -0.0651 e. The smallest absolute Gasteiger partial charge is 0.0238 e. The molecule has 176 valence electrons. The van der Waals surface area contributed by atoms with Crippen LogP contribution in [0.4, 0.5) is 0 Å². The summed E-state index contributed by atoms with van der Waals surface area (Å²) in [6, 6.07) is 0. The van der Waals surface area contributed by atoms with Gasteiger partial charge in [0.05, 0.1) is 0 Å². The normalized spacial score (nSPS) is 28.1. The van der Waals surface area contributed by atoms with Crippen molar-refractivity contribution in [2.45, 2.75) is 156 Å². The average Bonchev–Trinajstić information content (AvgIpc) is 3.29. The summed E-state index contributed by atoms with van der Waals surface area (Å²) in [6.07, 6.45) is 31.9. The summed E-state index contributed by atoms with van der Waals surface area (Å²) in [6.45, 7) is 7.88. The Bertz CT molecular complexity index is 429. The maximum Gasteiger partial charge on any atom is -0.0238 e. The molecule has 30 heavy (non-hydrogen) atoms. The molecular formula is C30H56. The number of rotatable bonds is 8. The first-order chi connectivity index (χ1) is 14.7. The van der Waals surface area contributed by atoms with Gasteiger partial charge in [-0.05, 0) is 60.7 Å². The summed E-state index contributed by atoms with van der Waals surface area (Å²) < 4.78 is 0. The second-order valence-electron chi connectivity index (χ2n) is 12.0. The maximum absolute atomic E-state index is 2.69. The van der Waals surface area contributed by atoms with Crippen molar-refractivity contribution >= 4 is 0 Å². The fraction of sp³-hybridized carbons (Fsp3) is 1.00. The first-order valence-corrected chi connectivity index (χ1v) is 14.7. The van der Waals surface area contributed by atoms with Crippen LogP contribution in [0.2, 0.25) is 0 Å². The lowest BCUT2D eigenvalue weighted by molar-refractivity contribution is -0.0202. The summed E-state index contributed by atoms with van der Waals surface area (Å²) in [5.41, 5.74) is 0.639. The van der Waals surface area contributed by atoms with Gasteiger partial charge < -0.3 is 0 Å². The molecule has 3 aliphatic rings. The van der Waals surface area contributed by atoms with E-state index in [1.54, 1.807) is 32.1 Å². The van der Waals surface area contributed by atoms with Crippen LogP contribution in [-0.4, -0.2) is 0 Å². The van der Waals surface area contributed by atoms with E-state index in [0.717, 1.165) is 29.6 Å². The Morgan fingerprint density at radius 2 is 1.03 bits per heavy atom. The van der Waals surface area contributed by atoms with E-state index in [0.29, 0.717) is 5.41 Å². The minimum atomic E-state index is 0.639. The van der Waals surface area contributed by atoms with Gasteiger partial charge in [-0.15, -0.1) is 0 Å². The predicted octanol–water partition coefficient (Wildman–Crippen LogP) is 10.3. The third-order valence-electron chi connectivity index (χ3n) is 10.4. The van der Waals surface area contributed by atoms with E-state index in [1.807, 2.05) is 0 Å². The average molecular weight is 417 g/mol. The molecule has 3 fully saturated rings. The predicted molar refractivity (Wildman–Crippen MR) is 134 cm³/mol. The fourth-order valence-corrected chi connectivity index (χ4v) is 8.74. The maximum atomic E-state index is 2.69. The van der Waals surface area contributed by atoms with E-state index < -0.39 is 0 Å². The zero-order valence-corrected chi connectivity index (χ0v) is 21.2. The third-order valence-corrected chi connectivity index (χ3v) is 10.4. The van der Waals surface area contributed by atoms with Crippen LogP contribution in [0.5, 0.6) is 0 Å². The van der Waals surface area contributed by atoms with Crippen molar-refractivity contribution in [1.82, 2.24) is 0 Å². The van der Waals surface area contributed by atoms with E-state index in [1.165, 1.54) is 103 Å². The first-order valence-electron chi connectivity index (χ1n) is 14.7. The third kappa shape index (κ3) is 6.28. The highest BCUT2D eigenvalue weighted by Gasteiger charge is 2.46. The number of hydrogen-bond donors (Lipinski definition) is 0. The van der Waals surface area contributed by atoms with Crippen LogP contribution < -0.4 is 0 Å². The van der Waals surface area contributed by atoms with Gasteiger partial charge in [-0.2, -0.15) is 0 Å². The van der Waals surface area contributed by atoms with Crippen molar-refractivity contribution in [3.8, 4) is 0 Å². The van der Waals surface area contributed by atoms with Gasteiger partial charge in [0.15, 0.2) is 0 Å². The molecule has 3 rings (SSSR count). The van der Waals surface area contributed by atoms with E-state index in [9.17, 15) is 0 Å². The standard InChI is InChI=1S/C30H56/c1-4-29(27-20-14-8-9-15-21-27)30(5-2,28-22-16-10-11-17-23-28)24-25(3)26-18-12-6-7-13-19-26/h25-29H,4-24H2,1-3H3. The molecule has 0 amide bonds. The van der Waals surface area contributed by atoms with Crippen LogP contribution >= 0.6 is 0 Å². The molecule has 3 atom stereocenters. The molecule has 0 saturated heterocycles. The Labute approximate surface area is 190 Å². The molecular weight excluding hydrogens is 360 g/mol. The Morgan fingerprint density at radius 3 is 1.47 bits per heavy atom. The van der Waals surface area contributed by atoms with Crippen LogP contribution in [0.1, 0.15) is 156 Å². The molecule has 0 aromatic carbocycles. The second kappa shape index (κ2) is 12.9. The van der Waals surface area contributed by atoms with Crippen molar-refractivity contribution in [2.24, 2.45) is 35.0 Å². The molecule has 0 aliphatic heterocycles. The Balaban J connectivity index is 1.86. The first kappa shape index (κ1) is 24.6. The second-order valence-corrected chi connectivity index (χ2v) is 12.0. The van der Waals surface area contributed by atoms with Crippen molar-refractivity contribution in [3.05, 3.63) is 0 Å². The largest absolute Gasteiger partial charge is 0.0651 e. The molecule has 0 heteroatoms. The Kier molecular flexibility index (Phi) is 10.6. The SMILES string of the molecule is CCC(C1CCCCCC1)C(CC)(CC(C)C1CCCCCC1)C1CCCCCC1. The van der Waals surface area contributed by atoms with Crippen molar-refractivity contribution in [1.29, 1.82) is 0 Å². The van der Waals surface area contributed by atoms with E-state index in [2.05, 4.69) is 20.8 Å². The lowest BCUT2D eigenvalue weighted by Gasteiger charge is -2.51. The highest BCUT2D eigenvalue weighted by atomic mass is 14.5. The van der Waals surface area contributed by atoms with Crippen molar-refractivity contribution in [2.75, 3.05) is 0 Å². The van der Waals surface area contributed by atoms with Gasteiger partial charge in [0, 0.05) is 0 Å². The molecule has 0 nitrogen and oxygen atoms in total. The van der Waals surface area contributed by atoms with Gasteiger partial charge in [0.2, 0.25) is 0 Å². The molecule has 0 spiro atoms. The van der Waals surface area contributed by atoms with Gasteiger partial charge in [0.25, 0.3) is 0 Å². The highest BCUT2D eigenvalue weighted by molar-refractivity contribution is 4.96. The summed E-state index contributed by atoms with van der Waals surface area (Å²) in [5.74, 6) is 5.02. The van der Waals surface area contributed by atoms with Crippen LogP contribution in [0.25, 0.3) is 0 Å². The van der Waals surface area contributed by atoms with Gasteiger partial charge in [-0.3, -0.25) is 0 Å². The summed E-state index contributed by atoms with van der Waals surface area (Å²) in [5, 5.41) is 0. The van der Waals surface area contributed by atoms with Crippen LogP contribution in [0, 0.1) is 35.0 Å². The molecule has 3 aliphatic carbocycles. The molecule has 0 radical (unpaired) electrons. The molecule has 3 unspecified atom stereocenters. The number of hydrogen-bond acceptors (Lipinski definition) is 0. The quantitative estimate of drug-likeness (QED) is 0.345. The van der Waals surface area contributed by atoms with Gasteiger partial charge in [0.1, 0.15) is 0 Å². The summed E-state index contributed by atoms with van der Waals surface area (Å²) in [7, 11) is 0. The van der Waals surface area contributed by atoms with Crippen molar-refractivity contribution in [3.63, 3.8) is 0 Å². The topological polar surface area (TPSA) is 0 Å².